The first-order chi connectivity index (χ1) is 12.7. The van der Waals surface area contributed by atoms with Crippen LogP contribution in [0.2, 0.25) is 0 Å². The van der Waals surface area contributed by atoms with Crippen LogP contribution in [0.25, 0.3) is 0 Å². The van der Waals surface area contributed by atoms with Crippen molar-refractivity contribution in [3.63, 3.8) is 0 Å². The Kier molecular flexibility index (Phi) is 4.06. The molecule has 140 valence electrons. The fourth-order valence-corrected chi connectivity index (χ4v) is 4.16. The van der Waals surface area contributed by atoms with Crippen LogP contribution in [-0.2, 0) is 14.4 Å². The van der Waals surface area contributed by atoms with Gasteiger partial charge < -0.3 is 9.64 Å². The number of carbonyl (C=O) groups is 1. The second kappa shape index (κ2) is 6.44. The molecular weight excluding hydrogens is 334 g/mol. The van der Waals surface area contributed by atoms with Crippen molar-refractivity contribution in [1.29, 1.82) is 0 Å². The van der Waals surface area contributed by atoms with Crippen LogP contribution in [0, 0.1) is 5.92 Å². The minimum absolute atomic E-state index is 0.0561. The van der Waals surface area contributed by atoms with Crippen molar-refractivity contribution in [2.75, 3.05) is 50.8 Å². The van der Waals surface area contributed by atoms with Gasteiger partial charge in [-0.3, -0.25) is 14.5 Å². The molecule has 4 aliphatic rings. The molecule has 1 aromatic heterocycles. The number of anilines is 1. The van der Waals surface area contributed by atoms with Crippen molar-refractivity contribution >= 4 is 11.9 Å². The second-order valence-electron chi connectivity index (χ2n) is 7.91. The molecule has 1 saturated carbocycles. The fourth-order valence-electron chi connectivity index (χ4n) is 4.16. The average molecular weight is 359 g/mol. The summed E-state index contributed by atoms with van der Waals surface area (Å²) in [6.45, 7) is 5.09. The van der Waals surface area contributed by atoms with E-state index in [9.17, 15) is 4.79 Å². The fraction of sp³-hybridized carbons (Fsp3) is 0.722. The van der Waals surface area contributed by atoms with E-state index in [0.29, 0.717) is 19.8 Å². The summed E-state index contributed by atoms with van der Waals surface area (Å²) in [6, 6.07) is 1.60. The first kappa shape index (κ1) is 16.4. The number of ether oxygens (including phenoxy) is 1. The topological polar surface area (TPSA) is 71.0 Å². The smallest absolute Gasteiger partial charge is 0.265 e. The van der Waals surface area contributed by atoms with Gasteiger partial charge in [-0.25, -0.2) is 15.0 Å². The van der Waals surface area contributed by atoms with E-state index in [2.05, 4.69) is 19.8 Å². The van der Waals surface area contributed by atoms with Crippen LogP contribution in [0.4, 0.5) is 5.95 Å². The van der Waals surface area contributed by atoms with Crippen LogP contribution in [-0.4, -0.2) is 83.4 Å². The molecule has 1 amide bonds. The van der Waals surface area contributed by atoms with E-state index in [-0.39, 0.29) is 17.6 Å². The summed E-state index contributed by atoms with van der Waals surface area (Å²) in [4.78, 5) is 31.5. The normalized spacial score (nSPS) is 28.4. The summed E-state index contributed by atoms with van der Waals surface area (Å²) in [5.41, 5.74) is -0.212. The molecule has 0 aromatic carbocycles. The third kappa shape index (κ3) is 3.06. The lowest BCUT2D eigenvalue weighted by Gasteiger charge is -2.55. The van der Waals surface area contributed by atoms with Crippen molar-refractivity contribution in [3.8, 4) is 0 Å². The minimum atomic E-state index is -0.221. The Labute approximate surface area is 153 Å². The van der Waals surface area contributed by atoms with Crippen molar-refractivity contribution in [1.82, 2.24) is 19.9 Å². The first-order valence-corrected chi connectivity index (χ1v) is 9.57. The number of morpholine rings is 1. The predicted molar refractivity (Wildman–Crippen MR) is 93.3 cm³/mol. The Bertz CT molecular complexity index is 656. The zero-order chi connectivity index (χ0) is 17.6. The Hall–Kier alpha value is -1.77. The van der Waals surface area contributed by atoms with E-state index in [1.807, 2.05) is 6.07 Å². The van der Waals surface area contributed by atoms with Crippen LogP contribution in [0.1, 0.15) is 19.3 Å². The largest absolute Gasteiger partial charge is 0.368 e. The number of carbonyl (C=O) groups excluding carboxylic acids is 1. The molecule has 1 atom stereocenters. The highest BCUT2D eigenvalue weighted by atomic mass is 16.7. The van der Waals surface area contributed by atoms with E-state index in [4.69, 9.17) is 9.57 Å². The zero-order valence-electron chi connectivity index (χ0n) is 14.9. The van der Waals surface area contributed by atoms with Gasteiger partial charge in [-0.2, -0.15) is 0 Å². The lowest BCUT2D eigenvalue weighted by atomic mass is 9.90. The summed E-state index contributed by atoms with van der Waals surface area (Å²) in [5.74, 6) is 1.54. The standard InChI is InChI=1S/C18H25N5O3/c24-16(23-7-2-8-26-23)15-10-25-18(11-21(15)9-14-3-4-14)12-22(13-18)17-19-5-1-6-20-17/h1,5-6,14-15H,2-4,7-13H2. The van der Waals surface area contributed by atoms with Crippen molar-refractivity contribution in [2.45, 2.75) is 30.9 Å². The van der Waals surface area contributed by atoms with Gasteiger partial charge in [-0.15, -0.1) is 0 Å². The number of hydrogen-bond donors (Lipinski definition) is 0. The average Bonchev–Trinajstić information content (AvgIpc) is 3.29. The van der Waals surface area contributed by atoms with Gasteiger partial charge >= 0.3 is 0 Å². The number of rotatable bonds is 4. The molecule has 0 bridgehead atoms. The summed E-state index contributed by atoms with van der Waals surface area (Å²) < 4.78 is 6.24. The maximum absolute atomic E-state index is 12.9. The monoisotopic (exact) mass is 359 g/mol. The SMILES string of the molecule is O=C(C1COC2(CN(c3ncccn3)C2)CN1CC1CC1)N1CCCO1. The number of amides is 1. The zero-order valence-corrected chi connectivity index (χ0v) is 14.9. The summed E-state index contributed by atoms with van der Waals surface area (Å²) in [7, 11) is 0. The molecule has 5 rings (SSSR count). The third-order valence-corrected chi connectivity index (χ3v) is 5.75. The van der Waals surface area contributed by atoms with Gasteiger partial charge in [0.1, 0.15) is 11.6 Å². The molecule has 3 saturated heterocycles. The van der Waals surface area contributed by atoms with Crippen molar-refractivity contribution < 1.29 is 14.4 Å². The maximum atomic E-state index is 12.9. The molecule has 4 fully saturated rings. The van der Waals surface area contributed by atoms with Crippen LogP contribution >= 0.6 is 0 Å². The number of hydroxylamine groups is 2. The van der Waals surface area contributed by atoms with Crippen LogP contribution < -0.4 is 4.90 Å². The maximum Gasteiger partial charge on any atom is 0.265 e. The Morgan fingerprint density at radius 3 is 2.73 bits per heavy atom. The predicted octanol–water partition coefficient (Wildman–Crippen LogP) is 0.310. The molecule has 4 heterocycles. The van der Waals surface area contributed by atoms with E-state index < -0.39 is 0 Å². The molecule has 1 aliphatic carbocycles. The van der Waals surface area contributed by atoms with Gasteiger partial charge in [0.15, 0.2) is 0 Å². The molecule has 0 N–H and O–H groups in total. The molecule has 1 unspecified atom stereocenters. The van der Waals surface area contributed by atoms with Gasteiger partial charge in [0.05, 0.1) is 32.8 Å². The van der Waals surface area contributed by atoms with Gasteiger partial charge in [0, 0.05) is 25.5 Å². The third-order valence-electron chi connectivity index (χ3n) is 5.75. The number of nitrogens with zero attached hydrogens (tertiary/aromatic N) is 5. The number of hydrogen-bond acceptors (Lipinski definition) is 7. The highest BCUT2D eigenvalue weighted by Gasteiger charge is 2.52. The molecule has 3 aliphatic heterocycles. The quantitative estimate of drug-likeness (QED) is 0.766. The Morgan fingerprint density at radius 1 is 1.23 bits per heavy atom. The van der Waals surface area contributed by atoms with Gasteiger partial charge in [0.25, 0.3) is 5.91 Å². The molecule has 1 spiro atoms. The van der Waals surface area contributed by atoms with E-state index >= 15 is 0 Å². The first-order valence-electron chi connectivity index (χ1n) is 9.57. The summed E-state index contributed by atoms with van der Waals surface area (Å²) in [6.07, 6.45) is 6.99. The van der Waals surface area contributed by atoms with Crippen LogP contribution in [0.5, 0.6) is 0 Å². The molecule has 8 nitrogen and oxygen atoms in total. The lowest BCUT2D eigenvalue weighted by molar-refractivity contribution is -0.194. The molecule has 26 heavy (non-hydrogen) atoms. The minimum Gasteiger partial charge on any atom is -0.368 e. The molecule has 0 radical (unpaired) electrons. The highest BCUT2D eigenvalue weighted by Crippen LogP contribution is 2.37. The molecule has 1 aromatic rings. The van der Waals surface area contributed by atoms with Gasteiger partial charge in [-0.1, -0.05) is 0 Å². The molecular formula is C18H25N5O3. The van der Waals surface area contributed by atoms with Crippen molar-refractivity contribution in [2.24, 2.45) is 5.92 Å². The summed E-state index contributed by atoms with van der Waals surface area (Å²) >= 11 is 0. The van der Waals surface area contributed by atoms with Crippen LogP contribution in [0.3, 0.4) is 0 Å². The van der Waals surface area contributed by atoms with Crippen LogP contribution in [0.15, 0.2) is 18.5 Å². The summed E-state index contributed by atoms with van der Waals surface area (Å²) in [5, 5.41) is 1.54. The highest BCUT2D eigenvalue weighted by molar-refractivity contribution is 5.81. The van der Waals surface area contributed by atoms with E-state index in [0.717, 1.165) is 44.5 Å². The van der Waals surface area contributed by atoms with E-state index in [1.54, 1.807) is 12.4 Å². The lowest BCUT2D eigenvalue weighted by Crippen LogP contribution is -2.73. The Morgan fingerprint density at radius 2 is 2.04 bits per heavy atom. The Balaban J connectivity index is 1.26. The number of aromatic nitrogens is 2. The second-order valence-corrected chi connectivity index (χ2v) is 7.91. The van der Waals surface area contributed by atoms with E-state index in [1.165, 1.54) is 17.9 Å². The van der Waals surface area contributed by atoms with Gasteiger partial charge in [-0.05, 0) is 31.2 Å². The van der Waals surface area contributed by atoms with Crippen molar-refractivity contribution in [3.05, 3.63) is 18.5 Å². The van der Waals surface area contributed by atoms with Gasteiger partial charge in [0.2, 0.25) is 5.95 Å². The molecule has 8 heteroatoms.